The SMILES string of the molecule is CCCCC(CC)C(=O)N[C@H](C(=O)O)C(C)C. The fourth-order valence-corrected chi connectivity index (χ4v) is 1.76. The Balaban J connectivity index is 4.41. The third-order valence-corrected chi connectivity index (χ3v) is 3.00. The second-order valence-electron chi connectivity index (χ2n) is 4.82. The molecule has 0 aliphatic carbocycles. The van der Waals surface area contributed by atoms with Crippen LogP contribution in [0.1, 0.15) is 53.4 Å². The van der Waals surface area contributed by atoms with Crippen LogP contribution < -0.4 is 5.32 Å². The number of unbranched alkanes of at least 4 members (excludes halogenated alkanes) is 1. The number of rotatable bonds is 8. The Morgan fingerprint density at radius 3 is 2.18 bits per heavy atom. The first-order chi connectivity index (χ1) is 7.93. The smallest absolute Gasteiger partial charge is 0.326 e. The average molecular weight is 243 g/mol. The van der Waals surface area contributed by atoms with Crippen molar-refractivity contribution < 1.29 is 14.7 Å². The summed E-state index contributed by atoms with van der Waals surface area (Å²) < 4.78 is 0. The molecule has 4 heteroatoms. The summed E-state index contributed by atoms with van der Waals surface area (Å²) in [5, 5.41) is 11.6. The van der Waals surface area contributed by atoms with Gasteiger partial charge < -0.3 is 10.4 Å². The summed E-state index contributed by atoms with van der Waals surface area (Å²) in [6, 6.07) is -0.779. The van der Waals surface area contributed by atoms with Gasteiger partial charge >= 0.3 is 5.97 Å². The van der Waals surface area contributed by atoms with Gasteiger partial charge in [-0.15, -0.1) is 0 Å². The van der Waals surface area contributed by atoms with E-state index in [0.29, 0.717) is 0 Å². The standard InChI is InChI=1S/C13H25NO3/c1-5-7-8-10(6-2)12(15)14-11(9(3)4)13(16)17/h9-11H,5-8H2,1-4H3,(H,14,15)(H,16,17)/t10?,11-/m0/s1. The van der Waals surface area contributed by atoms with E-state index in [1.165, 1.54) is 0 Å². The van der Waals surface area contributed by atoms with Gasteiger partial charge in [0, 0.05) is 5.92 Å². The number of aliphatic carboxylic acids is 1. The summed E-state index contributed by atoms with van der Waals surface area (Å²) in [4.78, 5) is 22.9. The summed E-state index contributed by atoms with van der Waals surface area (Å²) >= 11 is 0. The fraction of sp³-hybridized carbons (Fsp3) is 0.846. The normalized spacial score (nSPS) is 14.4. The largest absolute Gasteiger partial charge is 0.480 e. The molecular weight excluding hydrogens is 218 g/mol. The van der Waals surface area contributed by atoms with E-state index >= 15 is 0 Å². The zero-order valence-electron chi connectivity index (χ0n) is 11.3. The first kappa shape index (κ1) is 15.9. The lowest BCUT2D eigenvalue weighted by Crippen LogP contribution is -2.46. The Morgan fingerprint density at radius 2 is 1.82 bits per heavy atom. The number of nitrogens with one attached hydrogen (secondary N) is 1. The van der Waals surface area contributed by atoms with E-state index in [-0.39, 0.29) is 17.7 Å². The summed E-state index contributed by atoms with van der Waals surface area (Å²) in [6.07, 6.45) is 3.65. The molecule has 0 spiro atoms. The molecule has 0 saturated heterocycles. The van der Waals surface area contributed by atoms with Crippen molar-refractivity contribution in [2.75, 3.05) is 0 Å². The summed E-state index contributed by atoms with van der Waals surface area (Å²) in [5.41, 5.74) is 0. The van der Waals surface area contributed by atoms with Crippen molar-refractivity contribution in [1.82, 2.24) is 5.32 Å². The van der Waals surface area contributed by atoms with Gasteiger partial charge in [0.25, 0.3) is 0 Å². The van der Waals surface area contributed by atoms with Crippen LogP contribution in [0.25, 0.3) is 0 Å². The second-order valence-corrected chi connectivity index (χ2v) is 4.82. The topological polar surface area (TPSA) is 66.4 Å². The highest BCUT2D eigenvalue weighted by atomic mass is 16.4. The number of hydrogen-bond acceptors (Lipinski definition) is 2. The molecule has 0 aliphatic heterocycles. The Hall–Kier alpha value is -1.06. The average Bonchev–Trinajstić information content (AvgIpc) is 2.26. The van der Waals surface area contributed by atoms with Crippen LogP contribution in [0.4, 0.5) is 0 Å². The van der Waals surface area contributed by atoms with Crippen LogP contribution in [0.15, 0.2) is 0 Å². The first-order valence-electron chi connectivity index (χ1n) is 6.47. The summed E-state index contributed by atoms with van der Waals surface area (Å²) in [7, 11) is 0. The molecule has 1 unspecified atom stereocenters. The first-order valence-corrected chi connectivity index (χ1v) is 6.47. The monoisotopic (exact) mass is 243 g/mol. The molecule has 0 heterocycles. The van der Waals surface area contributed by atoms with E-state index in [9.17, 15) is 9.59 Å². The highest BCUT2D eigenvalue weighted by Crippen LogP contribution is 2.14. The number of hydrogen-bond donors (Lipinski definition) is 2. The lowest BCUT2D eigenvalue weighted by Gasteiger charge is -2.21. The molecule has 4 nitrogen and oxygen atoms in total. The van der Waals surface area contributed by atoms with Crippen LogP contribution >= 0.6 is 0 Å². The molecule has 2 N–H and O–H groups in total. The lowest BCUT2D eigenvalue weighted by molar-refractivity contribution is -0.143. The highest BCUT2D eigenvalue weighted by molar-refractivity contribution is 5.85. The van der Waals surface area contributed by atoms with Crippen LogP contribution in [0.2, 0.25) is 0 Å². The molecule has 1 amide bonds. The summed E-state index contributed by atoms with van der Waals surface area (Å²) in [6.45, 7) is 7.64. The van der Waals surface area contributed by atoms with E-state index in [1.807, 2.05) is 6.92 Å². The quantitative estimate of drug-likeness (QED) is 0.688. The Labute approximate surface area is 104 Å². The van der Waals surface area contributed by atoms with Gasteiger partial charge in [0.15, 0.2) is 0 Å². The molecule has 17 heavy (non-hydrogen) atoms. The van der Waals surface area contributed by atoms with Crippen molar-refractivity contribution in [3.8, 4) is 0 Å². The van der Waals surface area contributed by atoms with E-state index in [0.717, 1.165) is 25.7 Å². The van der Waals surface area contributed by atoms with Gasteiger partial charge in [-0.1, -0.05) is 40.5 Å². The van der Waals surface area contributed by atoms with Crippen molar-refractivity contribution in [3.05, 3.63) is 0 Å². The van der Waals surface area contributed by atoms with Crippen molar-refractivity contribution in [2.45, 2.75) is 59.4 Å². The molecule has 0 aromatic rings. The van der Waals surface area contributed by atoms with Gasteiger partial charge in [0.1, 0.15) is 6.04 Å². The van der Waals surface area contributed by atoms with Gasteiger partial charge in [0.05, 0.1) is 0 Å². The van der Waals surface area contributed by atoms with Crippen LogP contribution in [-0.4, -0.2) is 23.0 Å². The van der Waals surface area contributed by atoms with E-state index < -0.39 is 12.0 Å². The van der Waals surface area contributed by atoms with E-state index in [4.69, 9.17) is 5.11 Å². The Morgan fingerprint density at radius 1 is 1.24 bits per heavy atom. The maximum Gasteiger partial charge on any atom is 0.326 e. The molecule has 0 aliphatic rings. The van der Waals surface area contributed by atoms with Crippen molar-refractivity contribution >= 4 is 11.9 Å². The minimum atomic E-state index is -0.960. The maximum atomic E-state index is 11.9. The third-order valence-electron chi connectivity index (χ3n) is 3.00. The van der Waals surface area contributed by atoms with Crippen LogP contribution in [0.5, 0.6) is 0 Å². The van der Waals surface area contributed by atoms with Gasteiger partial charge in [-0.3, -0.25) is 4.79 Å². The van der Waals surface area contributed by atoms with Crippen LogP contribution in [-0.2, 0) is 9.59 Å². The fourth-order valence-electron chi connectivity index (χ4n) is 1.76. The van der Waals surface area contributed by atoms with Gasteiger partial charge in [-0.25, -0.2) is 4.79 Å². The van der Waals surface area contributed by atoms with Gasteiger partial charge in [-0.2, -0.15) is 0 Å². The Bertz CT molecular complexity index is 251. The number of carbonyl (C=O) groups excluding carboxylic acids is 1. The molecular formula is C13H25NO3. The second kappa shape index (κ2) is 8.09. The number of carbonyl (C=O) groups is 2. The van der Waals surface area contributed by atoms with Crippen molar-refractivity contribution in [1.29, 1.82) is 0 Å². The molecule has 0 radical (unpaired) electrons. The molecule has 0 rings (SSSR count). The van der Waals surface area contributed by atoms with Gasteiger partial charge in [-0.05, 0) is 18.8 Å². The third kappa shape index (κ3) is 5.71. The minimum Gasteiger partial charge on any atom is -0.480 e. The minimum absolute atomic E-state index is 0.0597. The van der Waals surface area contributed by atoms with Crippen LogP contribution in [0, 0.1) is 11.8 Å². The zero-order valence-corrected chi connectivity index (χ0v) is 11.3. The number of carboxylic acid groups (broad SMARTS) is 1. The molecule has 0 aromatic carbocycles. The summed E-state index contributed by atoms with van der Waals surface area (Å²) in [5.74, 6) is -1.24. The lowest BCUT2D eigenvalue weighted by atomic mass is 9.96. The zero-order chi connectivity index (χ0) is 13.4. The van der Waals surface area contributed by atoms with E-state index in [1.54, 1.807) is 13.8 Å². The molecule has 0 bridgehead atoms. The number of carboxylic acids is 1. The molecule has 0 aromatic heterocycles. The predicted molar refractivity (Wildman–Crippen MR) is 67.7 cm³/mol. The predicted octanol–water partition coefficient (Wildman–Crippen LogP) is 2.43. The van der Waals surface area contributed by atoms with Crippen molar-refractivity contribution in [3.63, 3.8) is 0 Å². The number of amides is 1. The van der Waals surface area contributed by atoms with Crippen molar-refractivity contribution in [2.24, 2.45) is 11.8 Å². The van der Waals surface area contributed by atoms with Crippen LogP contribution in [0.3, 0.4) is 0 Å². The Kier molecular flexibility index (Phi) is 7.59. The van der Waals surface area contributed by atoms with Gasteiger partial charge in [0.2, 0.25) is 5.91 Å². The van der Waals surface area contributed by atoms with E-state index in [2.05, 4.69) is 12.2 Å². The molecule has 100 valence electrons. The molecule has 0 fully saturated rings. The molecule has 0 saturated carbocycles. The highest BCUT2D eigenvalue weighted by Gasteiger charge is 2.26. The maximum absolute atomic E-state index is 11.9. The molecule has 2 atom stereocenters.